The van der Waals surface area contributed by atoms with Crippen molar-refractivity contribution < 1.29 is 4.92 Å². The summed E-state index contributed by atoms with van der Waals surface area (Å²) in [5.41, 5.74) is 0.714. The SMILES string of the molecule is O=[N+]([O-])/C=C/Nc1cccc(Cl)c1. The minimum atomic E-state index is -0.544. The van der Waals surface area contributed by atoms with E-state index in [9.17, 15) is 10.1 Å². The van der Waals surface area contributed by atoms with Gasteiger partial charge in [0.1, 0.15) is 0 Å². The van der Waals surface area contributed by atoms with Crippen molar-refractivity contribution in [3.8, 4) is 0 Å². The largest absolute Gasteiger partial charge is 0.356 e. The predicted molar refractivity (Wildman–Crippen MR) is 51.2 cm³/mol. The molecule has 0 aromatic heterocycles. The van der Waals surface area contributed by atoms with E-state index in [2.05, 4.69) is 5.32 Å². The summed E-state index contributed by atoms with van der Waals surface area (Å²) < 4.78 is 0. The number of hydrogen-bond donors (Lipinski definition) is 1. The molecule has 0 bridgehead atoms. The molecule has 0 spiro atoms. The molecule has 1 aromatic rings. The Morgan fingerprint density at radius 3 is 2.92 bits per heavy atom. The Morgan fingerprint density at radius 2 is 2.31 bits per heavy atom. The van der Waals surface area contributed by atoms with Crippen LogP contribution in [0.1, 0.15) is 0 Å². The van der Waals surface area contributed by atoms with E-state index in [-0.39, 0.29) is 0 Å². The Kier molecular flexibility index (Phi) is 3.28. The van der Waals surface area contributed by atoms with Gasteiger partial charge in [0, 0.05) is 10.7 Å². The third-order valence-electron chi connectivity index (χ3n) is 1.27. The van der Waals surface area contributed by atoms with Crippen molar-refractivity contribution in [2.75, 3.05) is 5.32 Å². The van der Waals surface area contributed by atoms with Crippen LogP contribution in [-0.4, -0.2) is 4.92 Å². The number of nitrogens with one attached hydrogen (secondary N) is 1. The fourth-order valence-electron chi connectivity index (χ4n) is 0.773. The van der Waals surface area contributed by atoms with Gasteiger partial charge in [-0.15, -0.1) is 0 Å². The Balaban J connectivity index is 2.59. The number of halogens is 1. The highest BCUT2D eigenvalue weighted by Gasteiger charge is 1.90. The molecule has 1 rings (SSSR count). The standard InChI is InChI=1S/C8H7ClN2O2/c9-7-2-1-3-8(6-7)10-4-5-11(12)13/h1-6,10H/b5-4+. The summed E-state index contributed by atoms with van der Waals surface area (Å²) in [5, 5.41) is 13.2. The second-order valence-corrected chi connectivity index (χ2v) is 2.69. The molecule has 1 N–H and O–H groups in total. The highest BCUT2D eigenvalue weighted by molar-refractivity contribution is 6.30. The molecule has 0 amide bonds. The van der Waals surface area contributed by atoms with Crippen molar-refractivity contribution in [1.82, 2.24) is 0 Å². The summed E-state index contributed by atoms with van der Waals surface area (Å²) in [5.74, 6) is 0. The van der Waals surface area contributed by atoms with E-state index in [1.54, 1.807) is 24.3 Å². The highest BCUT2D eigenvalue weighted by atomic mass is 35.5. The van der Waals surface area contributed by atoms with E-state index >= 15 is 0 Å². The zero-order valence-corrected chi connectivity index (χ0v) is 7.36. The Hall–Kier alpha value is -1.55. The molecule has 5 heteroatoms. The maximum atomic E-state index is 9.91. The first-order chi connectivity index (χ1) is 6.18. The second kappa shape index (κ2) is 4.47. The van der Waals surface area contributed by atoms with Crippen molar-refractivity contribution in [3.05, 3.63) is 51.8 Å². The lowest BCUT2D eigenvalue weighted by molar-refractivity contribution is -0.402. The average molecular weight is 199 g/mol. The Labute approximate surface area is 80.0 Å². The maximum absolute atomic E-state index is 9.91. The summed E-state index contributed by atoms with van der Waals surface area (Å²) >= 11 is 5.69. The first-order valence-corrected chi connectivity index (χ1v) is 3.88. The number of nitrogens with zero attached hydrogens (tertiary/aromatic N) is 1. The van der Waals surface area contributed by atoms with Crippen molar-refractivity contribution in [1.29, 1.82) is 0 Å². The van der Waals surface area contributed by atoms with Gasteiger partial charge in [0.15, 0.2) is 0 Å². The van der Waals surface area contributed by atoms with E-state index in [0.717, 1.165) is 6.20 Å². The molecule has 0 saturated heterocycles. The molecule has 0 unspecified atom stereocenters. The summed E-state index contributed by atoms with van der Waals surface area (Å²) in [4.78, 5) is 9.37. The summed E-state index contributed by atoms with van der Waals surface area (Å²) in [6.07, 6.45) is 2.06. The van der Waals surface area contributed by atoms with Gasteiger partial charge in [0.25, 0.3) is 0 Å². The van der Waals surface area contributed by atoms with E-state index in [1.807, 2.05) is 0 Å². The van der Waals surface area contributed by atoms with Gasteiger partial charge in [0.05, 0.1) is 11.1 Å². The van der Waals surface area contributed by atoms with Gasteiger partial charge >= 0.3 is 0 Å². The van der Waals surface area contributed by atoms with Crippen LogP contribution in [0.25, 0.3) is 0 Å². The van der Waals surface area contributed by atoms with E-state index in [0.29, 0.717) is 10.7 Å². The van der Waals surface area contributed by atoms with Crippen molar-refractivity contribution in [2.45, 2.75) is 0 Å². The van der Waals surface area contributed by atoms with Gasteiger partial charge in [0.2, 0.25) is 6.20 Å². The normalized spacial score (nSPS) is 10.2. The third-order valence-corrected chi connectivity index (χ3v) is 1.51. The molecule has 68 valence electrons. The topological polar surface area (TPSA) is 55.2 Å². The fourth-order valence-corrected chi connectivity index (χ4v) is 0.963. The lowest BCUT2D eigenvalue weighted by Crippen LogP contribution is -1.90. The van der Waals surface area contributed by atoms with E-state index < -0.39 is 4.92 Å². The van der Waals surface area contributed by atoms with Crippen LogP contribution < -0.4 is 5.32 Å². The monoisotopic (exact) mass is 198 g/mol. The van der Waals surface area contributed by atoms with Gasteiger partial charge in [-0.25, -0.2) is 0 Å². The van der Waals surface area contributed by atoms with Gasteiger partial charge in [-0.05, 0) is 18.2 Å². The molecule has 13 heavy (non-hydrogen) atoms. The van der Waals surface area contributed by atoms with E-state index in [1.165, 1.54) is 6.20 Å². The van der Waals surface area contributed by atoms with Gasteiger partial charge < -0.3 is 5.32 Å². The average Bonchev–Trinajstić information content (AvgIpc) is 2.03. The highest BCUT2D eigenvalue weighted by Crippen LogP contribution is 2.14. The summed E-state index contributed by atoms with van der Waals surface area (Å²) in [7, 11) is 0. The van der Waals surface area contributed by atoms with Crippen LogP contribution >= 0.6 is 11.6 Å². The minimum absolute atomic E-state index is 0.544. The van der Waals surface area contributed by atoms with Crippen LogP contribution in [-0.2, 0) is 0 Å². The smallest absolute Gasteiger partial charge is 0.250 e. The van der Waals surface area contributed by atoms with Crippen LogP contribution in [0.2, 0.25) is 5.02 Å². The number of anilines is 1. The van der Waals surface area contributed by atoms with E-state index in [4.69, 9.17) is 11.6 Å². The second-order valence-electron chi connectivity index (χ2n) is 2.26. The van der Waals surface area contributed by atoms with Crippen LogP contribution in [0.4, 0.5) is 5.69 Å². The number of nitro groups is 1. The molecular weight excluding hydrogens is 192 g/mol. The molecule has 1 aromatic carbocycles. The quantitative estimate of drug-likeness (QED) is 0.600. The van der Waals surface area contributed by atoms with Crippen molar-refractivity contribution >= 4 is 17.3 Å². The first-order valence-electron chi connectivity index (χ1n) is 3.51. The molecule has 0 heterocycles. The lowest BCUT2D eigenvalue weighted by atomic mass is 10.3. The predicted octanol–water partition coefficient (Wildman–Crippen LogP) is 2.50. The number of hydrogen-bond acceptors (Lipinski definition) is 3. The van der Waals surface area contributed by atoms with Crippen LogP contribution in [0.3, 0.4) is 0 Å². The van der Waals surface area contributed by atoms with Crippen molar-refractivity contribution in [3.63, 3.8) is 0 Å². The van der Waals surface area contributed by atoms with Gasteiger partial charge in [-0.2, -0.15) is 0 Å². The van der Waals surface area contributed by atoms with Crippen LogP contribution in [0.5, 0.6) is 0 Å². The molecule has 4 nitrogen and oxygen atoms in total. The molecule has 0 saturated carbocycles. The molecule has 0 atom stereocenters. The van der Waals surface area contributed by atoms with Crippen LogP contribution in [0, 0.1) is 10.1 Å². The number of rotatable bonds is 3. The van der Waals surface area contributed by atoms with Gasteiger partial charge in [-0.1, -0.05) is 17.7 Å². The summed E-state index contributed by atoms with van der Waals surface area (Å²) in [6, 6.07) is 6.91. The maximum Gasteiger partial charge on any atom is 0.250 e. The van der Waals surface area contributed by atoms with Gasteiger partial charge in [-0.3, -0.25) is 10.1 Å². The van der Waals surface area contributed by atoms with Crippen molar-refractivity contribution in [2.24, 2.45) is 0 Å². The van der Waals surface area contributed by atoms with Crippen LogP contribution in [0.15, 0.2) is 36.7 Å². The lowest BCUT2D eigenvalue weighted by Gasteiger charge is -1.98. The molecule has 0 radical (unpaired) electrons. The molecular formula is C8H7ClN2O2. The molecule has 0 fully saturated rings. The Bertz CT molecular complexity index is 339. The molecule has 0 aliphatic carbocycles. The minimum Gasteiger partial charge on any atom is -0.356 e. The zero-order valence-electron chi connectivity index (χ0n) is 6.61. The zero-order chi connectivity index (χ0) is 9.68. The number of benzene rings is 1. The Morgan fingerprint density at radius 1 is 1.54 bits per heavy atom. The molecule has 0 aliphatic heterocycles. The molecule has 0 aliphatic rings. The third kappa shape index (κ3) is 3.57. The summed E-state index contributed by atoms with van der Waals surface area (Å²) in [6.45, 7) is 0. The first kappa shape index (κ1) is 9.54. The fraction of sp³-hybridized carbons (Fsp3) is 0.